The van der Waals surface area contributed by atoms with E-state index in [1.54, 1.807) is 19.4 Å². The second kappa shape index (κ2) is 12.5. The minimum atomic E-state index is -0.497. The maximum absolute atomic E-state index is 12.8. The molecule has 0 atom stereocenters. The molecule has 1 aliphatic carbocycles. The van der Waals surface area contributed by atoms with Crippen LogP contribution in [0.1, 0.15) is 52.2 Å². The van der Waals surface area contributed by atoms with Gasteiger partial charge >= 0.3 is 6.09 Å². The molecule has 0 aromatic carbocycles. The summed E-state index contributed by atoms with van der Waals surface area (Å²) in [5.41, 5.74) is -0.497. The number of ether oxygens (including phenoxy) is 1. The van der Waals surface area contributed by atoms with E-state index in [9.17, 15) is 9.59 Å². The monoisotopic (exact) mass is 575 g/mol. The Morgan fingerprint density at radius 3 is 2.45 bits per heavy atom. The van der Waals surface area contributed by atoms with E-state index in [-0.39, 0.29) is 48.6 Å². The Bertz CT molecular complexity index is 781. The van der Waals surface area contributed by atoms with Crippen LogP contribution in [0.3, 0.4) is 0 Å². The van der Waals surface area contributed by atoms with Gasteiger partial charge in [-0.2, -0.15) is 0 Å². The third-order valence-corrected chi connectivity index (χ3v) is 5.64. The van der Waals surface area contributed by atoms with Gasteiger partial charge in [0.2, 0.25) is 5.91 Å². The van der Waals surface area contributed by atoms with Crippen LogP contribution in [0.5, 0.6) is 0 Å². The van der Waals surface area contributed by atoms with Gasteiger partial charge < -0.3 is 29.6 Å². The molecule has 0 radical (unpaired) electrons. The lowest BCUT2D eigenvalue weighted by molar-refractivity contribution is -0.120. The van der Waals surface area contributed by atoms with Crippen molar-refractivity contribution in [2.45, 2.75) is 64.6 Å². The van der Waals surface area contributed by atoms with Crippen LogP contribution in [0, 0.1) is 5.92 Å². The van der Waals surface area contributed by atoms with Gasteiger partial charge in [0.15, 0.2) is 5.96 Å². The fraction of sp³-hybridized carbons (Fsp3) is 0.696. The summed E-state index contributed by atoms with van der Waals surface area (Å²) >= 11 is 0. The number of likely N-dealkylation sites (tertiary alicyclic amines) is 1. The van der Waals surface area contributed by atoms with E-state index < -0.39 is 5.60 Å². The number of nitrogens with zero attached hydrogens (tertiary/aromatic N) is 3. The van der Waals surface area contributed by atoms with Gasteiger partial charge in [-0.15, -0.1) is 24.0 Å². The second-order valence-electron chi connectivity index (χ2n) is 9.55. The molecule has 2 aliphatic rings. The van der Waals surface area contributed by atoms with Gasteiger partial charge in [0.05, 0.1) is 19.4 Å². The van der Waals surface area contributed by atoms with E-state index in [1.165, 1.54) is 12.8 Å². The summed E-state index contributed by atoms with van der Waals surface area (Å²) < 4.78 is 10.9. The molecule has 0 spiro atoms. The van der Waals surface area contributed by atoms with Crippen LogP contribution in [0.15, 0.2) is 27.8 Å². The first-order valence-corrected chi connectivity index (χ1v) is 11.5. The first-order chi connectivity index (χ1) is 15.2. The van der Waals surface area contributed by atoms with Gasteiger partial charge in [-0.25, -0.2) is 4.79 Å². The van der Waals surface area contributed by atoms with Crippen molar-refractivity contribution in [3.63, 3.8) is 0 Å². The highest BCUT2D eigenvalue weighted by Crippen LogP contribution is 2.32. The summed E-state index contributed by atoms with van der Waals surface area (Å²) in [5.74, 6) is 1.89. The van der Waals surface area contributed by atoms with Crippen LogP contribution in [0.25, 0.3) is 0 Å². The highest BCUT2D eigenvalue weighted by atomic mass is 127. The quantitative estimate of drug-likeness (QED) is 0.295. The Kier molecular flexibility index (Phi) is 10.3. The van der Waals surface area contributed by atoms with Crippen molar-refractivity contribution in [2.24, 2.45) is 10.9 Å². The molecule has 1 aromatic rings. The molecule has 2 N–H and O–H groups in total. The standard InChI is InChI=1S/C23H37N5O4.HI/c1-23(2,3)32-22(30)28(16-17-7-8-17)18-9-11-27(12-10-18)21(24-4)26-15-20(29)25-14-19-6-5-13-31-19;/h5-6,13,17-18H,7-12,14-16H2,1-4H3,(H,24,26)(H,25,29);1H. The summed E-state index contributed by atoms with van der Waals surface area (Å²) in [6.07, 6.45) is 5.45. The lowest BCUT2D eigenvalue weighted by Crippen LogP contribution is -2.53. The van der Waals surface area contributed by atoms with E-state index in [2.05, 4.69) is 20.5 Å². The van der Waals surface area contributed by atoms with Crippen LogP contribution in [-0.4, -0.2) is 72.6 Å². The van der Waals surface area contributed by atoms with E-state index in [4.69, 9.17) is 9.15 Å². The summed E-state index contributed by atoms with van der Waals surface area (Å²) in [5, 5.41) is 5.95. The largest absolute Gasteiger partial charge is 0.467 e. The van der Waals surface area contributed by atoms with Crippen LogP contribution in [0.4, 0.5) is 4.79 Å². The van der Waals surface area contributed by atoms with Crippen molar-refractivity contribution in [3.8, 4) is 0 Å². The molecule has 2 amide bonds. The number of halogens is 1. The summed E-state index contributed by atoms with van der Waals surface area (Å²) in [4.78, 5) is 33.4. The van der Waals surface area contributed by atoms with Crippen molar-refractivity contribution >= 4 is 41.9 Å². The molecule has 1 saturated heterocycles. The third-order valence-electron chi connectivity index (χ3n) is 5.64. The Morgan fingerprint density at radius 1 is 1.21 bits per heavy atom. The van der Waals surface area contributed by atoms with Crippen LogP contribution in [-0.2, 0) is 16.1 Å². The minimum Gasteiger partial charge on any atom is -0.467 e. The molecule has 2 fully saturated rings. The number of hydrogen-bond donors (Lipinski definition) is 2. The highest BCUT2D eigenvalue weighted by Gasteiger charge is 2.35. The lowest BCUT2D eigenvalue weighted by atomic mass is 10.0. The van der Waals surface area contributed by atoms with E-state index in [1.807, 2.05) is 31.7 Å². The predicted molar refractivity (Wildman–Crippen MR) is 138 cm³/mol. The number of aliphatic imine (C=N–C) groups is 1. The Balaban J connectivity index is 0.00000385. The topological polar surface area (TPSA) is 99.4 Å². The average molecular weight is 575 g/mol. The van der Waals surface area contributed by atoms with Crippen molar-refractivity contribution in [3.05, 3.63) is 24.2 Å². The number of carbonyl (C=O) groups is 2. The van der Waals surface area contributed by atoms with Gasteiger partial charge in [-0.1, -0.05) is 0 Å². The zero-order valence-corrected chi connectivity index (χ0v) is 22.5. The SMILES string of the molecule is CN=C(NCC(=O)NCc1ccco1)N1CCC(N(CC2CC2)C(=O)OC(C)(C)C)CC1.I. The Hall–Kier alpha value is -1.98. The van der Waals surface area contributed by atoms with Crippen LogP contribution in [0.2, 0.25) is 0 Å². The number of furan rings is 1. The number of amides is 2. The van der Waals surface area contributed by atoms with Gasteiger partial charge in [0.1, 0.15) is 11.4 Å². The van der Waals surface area contributed by atoms with Gasteiger partial charge in [-0.05, 0) is 64.5 Å². The van der Waals surface area contributed by atoms with Crippen molar-refractivity contribution in [2.75, 3.05) is 33.2 Å². The zero-order chi connectivity index (χ0) is 23.1. The number of nitrogens with one attached hydrogen (secondary N) is 2. The molecular weight excluding hydrogens is 537 g/mol. The van der Waals surface area contributed by atoms with Crippen molar-refractivity contribution in [1.29, 1.82) is 0 Å². The normalized spacial score (nSPS) is 17.2. The molecule has 0 unspecified atom stereocenters. The minimum absolute atomic E-state index is 0. The Labute approximate surface area is 213 Å². The molecule has 1 aromatic heterocycles. The molecular formula is C23H38IN5O4. The molecule has 1 saturated carbocycles. The first-order valence-electron chi connectivity index (χ1n) is 11.5. The maximum Gasteiger partial charge on any atom is 0.410 e. The second-order valence-corrected chi connectivity index (χ2v) is 9.55. The molecule has 9 nitrogen and oxygen atoms in total. The molecule has 186 valence electrons. The summed E-state index contributed by atoms with van der Waals surface area (Å²) in [7, 11) is 1.72. The molecule has 3 rings (SSSR count). The summed E-state index contributed by atoms with van der Waals surface area (Å²) in [6, 6.07) is 3.77. The fourth-order valence-electron chi connectivity index (χ4n) is 3.81. The van der Waals surface area contributed by atoms with Gasteiger partial charge in [0.25, 0.3) is 0 Å². The maximum atomic E-state index is 12.8. The smallest absolute Gasteiger partial charge is 0.410 e. The highest BCUT2D eigenvalue weighted by molar-refractivity contribution is 14.0. The number of piperidine rings is 1. The van der Waals surface area contributed by atoms with E-state index in [0.717, 1.165) is 32.5 Å². The Morgan fingerprint density at radius 2 is 1.91 bits per heavy atom. The lowest BCUT2D eigenvalue weighted by Gasteiger charge is -2.40. The number of hydrogen-bond acceptors (Lipinski definition) is 5. The molecule has 1 aliphatic heterocycles. The van der Waals surface area contributed by atoms with Crippen molar-refractivity contribution in [1.82, 2.24) is 20.4 Å². The third kappa shape index (κ3) is 9.05. The fourth-order valence-corrected chi connectivity index (χ4v) is 3.81. The van der Waals surface area contributed by atoms with Crippen LogP contribution >= 0.6 is 24.0 Å². The van der Waals surface area contributed by atoms with Crippen molar-refractivity contribution < 1.29 is 18.7 Å². The van der Waals surface area contributed by atoms with E-state index >= 15 is 0 Å². The number of guanidine groups is 1. The molecule has 0 bridgehead atoms. The molecule has 33 heavy (non-hydrogen) atoms. The van der Waals surface area contributed by atoms with Crippen LogP contribution < -0.4 is 10.6 Å². The zero-order valence-electron chi connectivity index (χ0n) is 20.1. The van der Waals surface area contributed by atoms with E-state index in [0.29, 0.717) is 24.2 Å². The van der Waals surface area contributed by atoms with Gasteiger partial charge in [0, 0.05) is 32.7 Å². The molecule has 2 heterocycles. The first kappa shape index (κ1) is 27.3. The summed E-state index contributed by atoms with van der Waals surface area (Å²) in [6.45, 7) is 8.53. The molecule has 10 heteroatoms. The number of carbonyl (C=O) groups excluding carboxylic acids is 2. The average Bonchev–Trinajstić information content (AvgIpc) is 3.41. The van der Waals surface area contributed by atoms with Gasteiger partial charge in [-0.3, -0.25) is 9.79 Å². The predicted octanol–water partition coefficient (Wildman–Crippen LogP) is 3.20. The number of rotatable bonds is 7.